The molecular weight excluding hydrogens is 529 g/mol. The van der Waals surface area contributed by atoms with E-state index in [2.05, 4.69) is 15.0 Å². The number of rotatable bonds is 9. The number of halogens is 5. The second-order valence-electron chi connectivity index (χ2n) is 8.06. The van der Waals surface area contributed by atoms with Gasteiger partial charge in [-0.1, -0.05) is 42.5 Å². The van der Waals surface area contributed by atoms with Crippen molar-refractivity contribution in [2.24, 2.45) is 0 Å². The lowest BCUT2D eigenvalue weighted by Gasteiger charge is -2.21. The van der Waals surface area contributed by atoms with E-state index in [1.165, 1.54) is 19.4 Å². The lowest BCUT2D eigenvalue weighted by Crippen LogP contribution is -2.47. The van der Waals surface area contributed by atoms with E-state index in [-0.39, 0.29) is 17.9 Å². The number of nitrogens with zero attached hydrogens (tertiary/aromatic N) is 1. The second-order valence-corrected chi connectivity index (χ2v) is 8.06. The number of carbonyl (C=O) groups excluding carboxylic acids is 3. The first kappa shape index (κ1) is 29.0. The van der Waals surface area contributed by atoms with Crippen LogP contribution >= 0.6 is 0 Å². The minimum Gasteiger partial charge on any atom is -0.469 e. The van der Waals surface area contributed by atoms with Crippen molar-refractivity contribution >= 4 is 29.4 Å². The summed E-state index contributed by atoms with van der Waals surface area (Å²) in [5.41, 5.74) is 1.68. The van der Waals surface area contributed by atoms with Crippen LogP contribution in [0.4, 0.5) is 33.5 Å². The Balaban J connectivity index is 1.87. The second kappa shape index (κ2) is 11.9. The number of amides is 1. The van der Waals surface area contributed by atoms with Crippen LogP contribution in [0.5, 0.6) is 0 Å². The molecule has 0 radical (unpaired) electrons. The molecule has 2 aromatic carbocycles. The maximum Gasteiger partial charge on any atom is 0.463 e. The predicted molar refractivity (Wildman–Crippen MR) is 130 cm³/mol. The number of methoxy groups -OCH3 is 2. The zero-order chi connectivity index (χ0) is 28.8. The zero-order valence-electron chi connectivity index (χ0n) is 20.6. The number of pyridine rings is 1. The number of esters is 2. The molecule has 13 heteroatoms. The Kier molecular flexibility index (Phi) is 8.84. The Hall–Kier alpha value is -4.55. The fourth-order valence-corrected chi connectivity index (χ4v) is 3.48. The fourth-order valence-electron chi connectivity index (χ4n) is 3.48. The van der Waals surface area contributed by atoms with Gasteiger partial charge in [0.1, 0.15) is 5.82 Å². The topological polar surface area (TPSA) is 107 Å². The van der Waals surface area contributed by atoms with E-state index in [9.17, 15) is 36.3 Å². The summed E-state index contributed by atoms with van der Waals surface area (Å²) in [6.07, 6.45) is -5.48. The first-order chi connectivity index (χ1) is 18.4. The summed E-state index contributed by atoms with van der Waals surface area (Å²) in [4.78, 5) is 39.7. The number of hydrogen-bond acceptors (Lipinski definition) is 7. The van der Waals surface area contributed by atoms with Gasteiger partial charge in [-0.05, 0) is 34.4 Å². The molecule has 8 nitrogen and oxygen atoms in total. The van der Waals surface area contributed by atoms with Crippen LogP contribution in [0.25, 0.3) is 11.1 Å². The summed E-state index contributed by atoms with van der Waals surface area (Å²) in [6.45, 7) is 0.00609. The van der Waals surface area contributed by atoms with Crippen LogP contribution in [-0.4, -0.2) is 49.1 Å². The molecule has 1 heterocycles. The summed E-state index contributed by atoms with van der Waals surface area (Å²) in [5.74, 6) is -9.92. The van der Waals surface area contributed by atoms with E-state index in [1.54, 1.807) is 53.8 Å². The SMILES string of the molecule is COC(=O)Cc1ccnc(NCc2ccc(-c3ccccc3C(=O)OC)cc2)c1NC(=O)C(F)(F)C(F)(F)F. The lowest BCUT2D eigenvalue weighted by atomic mass is 9.98. The highest BCUT2D eigenvalue weighted by Crippen LogP contribution is 2.37. The van der Waals surface area contributed by atoms with Crippen LogP contribution in [0.1, 0.15) is 21.5 Å². The normalized spacial score (nSPS) is 11.5. The Labute approximate surface area is 219 Å². The van der Waals surface area contributed by atoms with Gasteiger partial charge in [0.15, 0.2) is 0 Å². The van der Waals surface area contributed by atoms with Gasteiger partial charge in [-0.25, -0.2) is 9.78 Å². The molecule has 3 rings (SSSR count). The van der Waals surface area contributed by atoms with E-state index >= 15 is 0 Å². The highest BCUT2D eigenvalue weighted by molar-refractivity contribution is 6.00. The smallest absolute Gasteiger partial charge is 0.463 e. The van der Waals surface area contributed by atoms with E-state index in [0.717, 1.165) is 7.11 Å². The molecule has 39 heavy (non-hydrogen) atoms. The number of alkyl halides is 5. The monoisotopic (exact) mass is 551 g/mol. The molecule has 0 bridgehead atoms. The van der Waals surface area contributed by atoms with Gasteiger partial charge in [0.05, 0.1) is 31.9 Å². The fraction of sp³-hybridized carbons (Fsp3) is 0.231. The maximum absolute atomic E-state index is 13.6. The molecular formula is C26H22F5N3O5. The molecule has 0 saturated heterocycles. The third kappa shape index (κ3) is 6.67. The molecule has 0 aliphatic rings. The van der Waals surface area contributed by atoms with Crippen LogP contribution in [0.2, 0.25) is 0 Å². The van der Waals surface area contributed by atoms with E-state index in [4.69, 9.17) is 4.74 Å². The average molecular weight is 551 g/mol. The van der Waals surface area contributed by atoms with Crippen LogP contribution in [0, 0.1) is 0 Å². The summed E-state index contributed by atoms with van der Waals surface area (Å²) >= 11 is 0. The van der Waals surface area contributed by atoms with Gasteiger partial charge in [-0.15, -0.1) is 0 Å². The number of aromatic nitrogens is 1. The predicted octanol–water partition coefficient (Wildman–Crippen LogP) is 5.00. The quantitative estimate of drug-likeness (QED) is 0.285. The highest BCUT2D eigenvalue weighted by atomic mass is 19.4. The number of ether oxygens (including phenoxy) is 2. The van der Waals surface area contributed by atoms with Crippen LogP contribution < -0.4 is 10.6 Å². The van der Waals surface area contributed by atoms with Crippen molar-refractivity contribution < 1.29 is 45.8 Å². The van der Waals surface area contributed by atoms with Crippen molar-refractivity contribution in [2.75, 3.05) is 24.9 Å². The summed E-state index contributed by atoms with van der Waals surface area (Å²) in [5, 5.41) is 4.34. The molecule has 0 unspecified atom stereocenters. The molecule has 0 atom stereocenters. The number of nitrogens with one attached hydrogen (secondary N) is 2. The van der Waals surface area contributed by atoms with E-state index < -0.39 is 42.1 Å². The minimum absolute atomic E-state index is 0.00609. The van der Waals surface area contributed by atoms with E-state index in [1.807, 2.05) is 0 Å². The molecule has 1 amide bonds. The lowest BCUT2D eigenvalue weighted by molar-refractivity contribution is -0.267. The van der Waals surface area contributed by atoms with Gasteiger partial charge in [-0.3, -0.25) is 9.59 Å². The van der Waals surface area contributed by atoms with Gasteiger partial charge >= 0.3 is 29.9 Å². The van der Waals surface area contributed by atoms with Crippen LogP contribution in [0.15, 0.2) is 60.8 Å². The van der Waals surface area contributed by atoms with Gasteiger partial charge in [0, 0.05) is 12.7 Å². The average Bonchev–Trinajstić information content (AvgIpc) is 2.92. The Morgan fingerprint density at radius 3 is 2.18 bits per heavy atom. The first-order valence-electron chi connectivity index (χ1n) is 11.2. The van der Waals surface area contributed by atoms with Gasteiger partial charge < -0.3 is 20.1 Å². The minimum atomic E-state index is -6.14. The largest absolute Gasteiger partial charge is 0.469 e. The summed E-state index contributed by atoms with van der Waals surface area (Å²) in [6, 6.07) is 14.8. The molecule has 0 aliphatic carbocycles. The molecule has 206 valence electrons. The Morgan fingerprint density at radius 2 is 1.56 bits per heavy atom. The van der Waals surface area contributed by atoms with Crippen molar-refractivity contribution in [3.05, 3.63) is 77.5 Å². The molecule has 0 spiro atoms. The zero-order valence-corrected chi connectivity index (χ0v) is 20.6. The number of anilines is 2. The molecule has 0 saturated carbocycles. The van der Waals surface area contributed by atoms with Crippen LogP contribution in [-0.2, 0) is 32.0 Å². The maximum atomic E-state index is 13.6. The highest BCUT2D eigenvalue weighted by Gasteiger charge is 2.63. The number of benzene rings is 2. The number of carbonyl (C=O) groups is 3. The first-order valence-corrected chi connectivity index (χ1v) is 11.2. The van der Waals surface area contributed by atoms with Crippen molar-refractivity contribution in [3.8, 4) is 11.1 Å². The third-order valence-electron chi connectivity index (χ3n) is 5.54. The molecule has 1 aromatic heterocycles. The van der Waals surface area contributed by atoms with Crippen molar-refractivity contribution in [1.29, 1.82) is 0 Å². The van der Waals surface area contributed by atoms with Crippen molar-refractivity contribution in [3.63, 3.8) is 0 Å². The van der Waals surface area contributed by atoms with Gasteiger partial charge in [0.25, 0.3) is 0 Å². The van der Waals surface area contributed by atoms with Crippen molar-refractivity contribution in [2.45, 2.75) is 25.1 Å². The third-order valence-corrected chi connectivity index (χ3v) is 5.54. The summed E-state index contributed by atoms with van der Waals surface area (Å²) < 4.78 is 74.8. The Morgan fingerprint density at radius 1 is 0.897 bits per heavy atom. The Bertz CT molecular complexity index is 1360. The van der Waals surface area contributed by atoms with E-state index in [0.29, 0.717) is 22.3 Å². The van der Waals surface area contributed by atoms with Gasteiger partial charge in [-0.2, -0.15) is 22.0 Å². The van der Waals surface area contributed by atoms with Gasteiger partial charge in [0.2, 0.25) is 0 Å². The summed E-state index contributed by atoms with van der Waals surface area (Å²) in [7, 11) is 2.33. The number of hydrogen-bond donors (Lipinski definition) is 2. The molecule has 0 aliphatic heterocycles. The van der Waals surface area contributed by atoms with Crippen molar-refractivity contribution in [1.82, 2.24) is 4.98 Å². The molecule has 2 N–H and O–H groups in total. The standard InChI is InChI=1S/C26H22F5N3O5/c1-38-20(35)13-17-11-12-32-22(21(17)34-24(37)25(27,28)26(29,30)31)33-14-15-7-9-16(10-8-15)18-5-3-4-6-19(18)23(36)39-2/h3-12H,13-14H2,1-2H3,(H,32,33)(H,34,37). The molecule has 0 fully saturated rings. The van der Waals surface area contributed by atoms with Crippen LogP contribution in [0.3, 0.4) is 0 Å². The molecule has 3 aromatic rings.